The highest BCUT2D eigenvalue weighted by Gasteiger charge is 2.18. The van der Waals surface area contributed by atoms with Crippen molar-refractivity contribution in [2.75, 3.05) is 19.0 Å². The van der Waals surface area contributed by atoms with Crippen molar-refractivity contribution in [1.29, 1.82) is 0 Å². The highest BCUT2D eigenvalue weighted by molar-refractivity contribution is 7.98. The standard InChI is InChI=1S/C13H22N6OS/c1-8(2)11-15-14-10(20-11)7-21-13-17-16-12(18(5)6)19(13)9(3)4/h8-9H,7H2,1-6H3. The molecule has 0 fully saturated rings. The molecule has 2 heterocycles. The lowest BCUT2D eigenvalue weighted by atomic mass is 10.2. The summed E-state index contributed by atoms with van der Waals surface area (Å²) < 4.78 is 7.71. The van der Waals surface area contributed by atoms with Crippen LogP contribution >= 0.6 is 11.8 Å². The Morgan fingerprint density at radius 1 is 1.10 bits per heavy atom. The van der Waals surface area contributed by atoms with Crippen LogP contribution in [-0.2, 0) is 5.75 Å². The van der Waals surface area contributed by atoms with Crippen LogP contribution in [0.1, 0.15) is 51.4 Å². The zero-order valence-corrected chi connectivity index (χ0v) is 14.2. The minimum atomic E-state index is 0.246. The molecule has 0 aliphatic rings. The number of nitrogens with zero attached hydrogens (tertiary/aromatic N) is 6. The molecule has 0 aliphatic heterocycles. The minimum absolute atomic E-state index is 0.246. The summed E-state index contributed by atoms with van der Waals surface area (Å²) in [4.78, 5) is 1.96. The SMILES string of the molecule is CC(C)c1nnc(CSc2nnc(N(C)C)n2C(C)C)o1. The fourth-order valence-corrected chi connectivity index (χ4v) is 2.71. The van der Waals surface area contributed by atoms with Gasteiger partial charge in [0.1, 0.15) is 0 Å². The van der Waals surface area contributed by atoms with Gasteiger partial charge >= 0.3 is 0 Å². The smallest absolute Gasteiger partial charge is 0.227 e. The topological polar surface area (TPSA) is 72.9 Å². The first-order chi connectivity index (χ1) is 9.90. The van der Waals surface area contributed by atoms with Crippen molar-refractivity contribution >= 4 is 17.7 Å². The van der Waals surface area contributed by atoms with Gasteiger partial charge in [0.05, 0.1) is 5.75 Å². The molecule has 2 aromatic rings. The van der Waals surface area contributed by atoms with Gasteiger partial charge in [-0.15, -0.1) is 20.4 Å². The van der Waals surface area contributed by atoms with Crippen LogP contribution < -0.4 is 4.90 Å². The fraction of sp³-hybridized carbons (Fsp3) is 0.692. The van der Waals surface area contributed by atoms with Gasteiger partial charge in [0.2, 0.25) is 17.7 Å². The number of aromatic nitrogens is 5. The van der Waals surface area contributed by atoms with Gasteiger partial charge < -0.3 is 9.32 Å². The van der Waals surface area contributed by atoms with E-state index in [2.05, 4.69) is 38.8 Å². The molecule has 0 unspecified atom stereocenters. The first kappa shape index (κ1) is 15.8. The van der Waals surface area contributed by atoms with Crippen LogP contribution in [0.3, 0.4) is 0 Å². The average Bonchev–Trinajstić information content (AvgIpc) is 3.03. The molecule has 2 rings (SSSR count). The summed E-state index contributed by atoms with van der Waals surface area (Å²) in [5.41, 5.74) is 0. The maximum atomic E-state index is 5.61. The molecule has 0 aliphatic carbocycles. The first-order valence-corrected chi connectivity index (χ1v) is 7.96. The van der Waals surface area contributed by atoms with Crippen molar-refractivity contribution in [3.05, 3.63) is 11.8 Å². The van der Waals surface area contributed by atoms with Crippen LogP contribution in [-0.4, -0.2) is 39.1 Å². The van der Waals surface area contributed by atoms with Gasteiger partial charge in [-0.05, 0) is 13.8 Å². The van der Waals surface area contributed by atoms with Crippen molar-refractivity contribution in [1.82, 2.24) is 25.0 Å². The Kier molecular flexibility index (Phi) is 4.87. The van der Waals surface area contributed by atoms with Crippen molar-refractivity contribution in [2.24, 2.45) is 0 Å². The molecule has 0 bridgehead atoms. The van der Waals surface area contributed by atoms with Crippen molar-refractivity contribution in [3.63, 3.8) is 0 Å². The predicted molar refractivity (Wildman–Crippen MR) is 82.7 cm³/mol. The maximum Gasteiger partial charge on any atom is 0.227 e. The van der Waals surface area contributed by atoms with E-state index >= 15 is 0 Å². The van der Waals surface area contributed by atoms with Gasteiger partial charge in [-0.2, -0.15) is 0 Å². The summed E-state index contributed by atoms with van der Waals surface area (Å²) >= 11 is 1.56. The molecule has 0 saturated heterocycles. The van der Waals surface area contributed by atoms with Crippen LogP contribution in [0, 0.1) is 0 Å². The number of rotatable bonds is 6. The third kappa shape index (κ3) is 3.55. The Balaban J connectivity index is 2.12. The molecule has 0 atom stereocenters. The van der Waals surface area contributed by atoms with Crippen LogP contribution in [0.5, 0.6) is 0 Å². The summed E-state index contributed by atoms with van der Waals surface area (Å²) in [6.07, 6.45) is 0. The molecular weight excluding hydrogens is 288 g/mol. The molecular formula is C13H22N6OS. The number of anilines is 1. The van der Waals surface area contributed by atoms with Gasteiger partial charge in [0.15, 0.2) is 5.16 Å². The zero-order valence-electron chi connectivity index (χ0n) is 13.4. The van der Waals surface area contributed by atoms with Gasteiger partial charge in [-0.25, -0.2) is 0 Å². The third-order valence-corrected chi connectivity index (χ3v) is 3.79. The lowest BCUT2D eigenvalue weighted by molar-refractivity contribution is 0.445. The number of hydrogen-bond donors (Lipinski definition) is 0. The van der Waals surface area contributed by atoms with Crippen LogP contribution in [0.2, 0.25) is 0 Å². The van der Waals surface area contributed by atoms with E-state index in [0.29, 0.717) is 17.5 Å². The molecule has 21 heavy (non-hydrogen) atoms. The summed E-state index contributed by atoms with van der Waals surface area (Å²) in [6.45, 7) is 8.29. The summed E-state index contributed by atoms with van der Waals surface area (Å²) in [5, 5.41) is 17.5. The molecule has 8 heteroatoms. The molecule has 0 spiro atoms. The van der Waals surface area contributed by atoms with Crippen LogP contribution in [0.25, 0.3) is 0 Å². The van der Waals surface area contributed by atoms with Crippen LogP contribution in [0.15, 0.2) is 9.57 Å². The number of hydrogen-bond acceptors (Lipinski definition) is 7. The molecule has 0 radical (unpaired) electrons. The van der Waals surface area contributed by atoms with E-state index in [4.69, 9.17) is 4.42 Å². The van der Waals surface area contributed by atoms with Gasteiger partial charge in [-0.3, -0.25) is 4.57 Å². The molecule has 0 amide bonds. The third-order valence-electron chi connectivity index (χ3n) is 2.86. The van der Waals surface area contributed by atoms with Gasteiger partial charge in [0, 0.05) is 26.1 Å². The van der Waals surface area contributed by atoms with E-state index in [-0.39, 0.29) is 12.0 Å². The second-order valence-electron chi connectivity index (χ2n) is 5.62. The molecule has 116 valence electrons. The Morgan fingerprint density at radius 2 is 1.81 bits per heavy atom. The average molecular weight is 310 g/mol. The quantitative estimate of drug-likeness (QED) is 0.759. The van der Waals surface area contributed by atoms with Crippen molar-refractivity contribution in [2.45, 2.75) is 50.6 Å². The van der Waals surface area contributed by atoms with E-state index in [0.717, 1.165) is 11.1 Å². The van der Waals surface area contributed by atoms with Gasteiger partial charge in [0.25, 0.3) is 0 Å². The molecule has 0 saturated carbocycles. The van der Waals surface area contributed by atoms with E-state index in [1.54, 1.807) is 11.8 Å². The second kappa shape index (κ2) is 6.46. The fourth-order valence-electron chi connectivity index (χ4n) is 1.81. The van der Waals surface area contributed by atoms with Crippen LogP contribution in [0.4, 0.5) is 5.95 Å². The van der Waals surface area contributed by atoms with E-state index in [1.807, 2.05) is 32.8 Å². The predicted octanol–water partition coefficient (Wildman–Crippen LogP) is 2.72. The monoisotopic (exact) mass is 310 g/mol. The number of thioether (sulfide) groups is 1. The highest BCUT2D eigenvalue weighted by atomic mass is 32.2. The normalized spacial score (nSPS) is 11.6. The van der Waals surface area contributed by atoms with Gasteiger partial charge in [-0.1, -0.05) is 25.6 Å². The molecule has 0 N–H and O–H groups in total. The summed E-state index contributed by atoms with van der Waals surface area (Å²) in [5.74, 6) is 2.98. The van der Waals surface area contributed by atoms with E-state index in [1.165, 1.54) is 0 Å². The summed E-state index contributed by atoms with van der Waals surface area (Å²) in [6, 6.07) is 0.286. The highest BCUT2D eigenvalue weighted by Crippen LogP contribution is 2.27. The maximum absolute atomic E-state index is 5.61. The summed E-state index contributed by atoms with van der Waals surface area (Å²) in [7, 11) is 3.93. The Morgan fingerprint density at radius 3 is 2.33 bits per heavy atom. The first-order valence-electron chi connectivity index (χ1n) is 6.97. The molecule has 0 aromatic carbocycles. The zero-order chi connectivity index (χ0) is 15.6. The largest absolute Gasteiger partial charge is 0.424 e. The Hall–Kier alpha value is -1.57. The lowest BCUT2D eigenvalue weighted by Crippen LogP contribution is -2.17. The van der Waals surface area contributed by atoms with Crippen molar-refractivity contribution < 1.29 is 4.42 Å². The minimum Gasteiger partial charge on any atom is -0.424 e. The van der Waals surface area contributed by atoms with Crippen molar-refractivity contribution in [3.8, 4) is 0 Å². The Bertz CT molecular complexity index is 589. The van der Waals surface area contributed by atoms with E-state index < -0.39 is 0 Å². The Labute approximate surface area is 129 Å². The second-order valence-corrected chi connectivity index (χ2v) is 6.56. The lowest BCUT2D eigenvalue weighted by Gasteiger charge is -2.17. The van der Waals surface area contributed by atoms with E-state index in [9.17, 15) is 0 Å². The molecule has 2 aromatic heterocycles. The molecule has 7 nitrogen and oxygen atoms in total.